The number of guanidine groups is 1. The van der Waals surface area contributed by atoms with E-state index in [2.05, 4.69) is 20.6 Å². The molecule has 0 aliphatic carbocycles. The molecule has 0 saturated heterocycles. The van der Waals surface area contributed by atoms with Crippen molar-refractivity contribution in [1.82, 2.24) is 5.32 Å². The fourth-order valence-corrected chi connectivity index (χ4v) is 1.98. The third kappa shape index (κ3) is 2.16. The molecule has 1 amide bonds. The fraction of sp³-hybridized carbons (Fsp3) is 0.0769. The molecule has 5 N–H and O–H groups in total. The van der Waals surface area contributed by atoms with Crippen molar-refractivity contribution in [2.45, 2.75) is 0 Å². The van der Waals surface area contributed by atoms with Crippen molar-refractivity contribution in [1.29, 1.82) is 5.41 Å². The lowest BCUT2D eigenvalue weighted by molar-refractivity contribution is -0.115. The quantitative estimate of drug-likeness (QED) is 0.599. The number of nitrogen functional groups attached to an aromatic ring is 1. The van der Waals surface area contributed by atoms with Crippen molar-refractivity contribution in [3.8, 4) is 0 Å². The number of amides is 1. The number of anilines is 2. The number of carbonyl (C=O) groups excluding carboxylic acids is 1. The summed E-state index contributed by atoms with van der Waals surface area (Å²) in [6, 6.07) is 7.31. The topological polar surface area (TPSA) is 116 Å². The number of amidine groups is 1. The molecular formula is C13H12N6O. The largest absolute Gasteiger partial charge is 0.399 e. The van der Waals surface area contributed by atoms with Gasteiger partial charge in [0.15, 0.2) is 5.84 Å². The molecule has 3 rings (SSSR count). The zero-order valence-electron chi connectivity index (χ0n) is 10.5. The minimum absolute atomic E-state index is 0.182. The van der Waals surface area contributed by atoms with Gasteiger partial charge in [-0.15, -0.1) is 0 Å². The Morgan fingerprint density at radius 3 is 2.80 bits per heavy atom. The molecule has 1 aromatic carbocycles. The zero-order chi connectivity index (χ0) is 14.1. The van der Waals surface area contributed by atoms with Crippen LogP contribution in [0.4, 0.5) is 11.4 Å². The van der Waals surface area contributed by atoms with Gasteiger partial charge in [0.05, 0.1) is 5.57 Å². The summed E-state index contributed by atoms with van der Waals surface area (Å²) < 4.78 is 0. The second-order valence-electron chi connectivity index (χ2n) is 4.37. The number of rotatable bonds is 3. The summed E-state index contributed by atoms with van der Waals surface area (Å²) in [6.07, 6.45) is 1.59. The highest BCUT2D eigenvalue weighted by Gasteiger charge is 2.28. The van der Waals surface area contributed by atoms with Crippen LogP contribution in [0.2, 0.25) is 0 Å². The van der Waals surface area contributed by atoms with Gasteiger partial charge >= 0.3 is 0 Å². The van der Waals surface area contributed by atoms with Crippen LogP contribution in [0.1, 0.15) is 0 Å². The average Bonchev–Trinajstić information content (AvgIpc) is 2.81. The fourth-order valence-electron chi connectivity index (χ4n) is 1.98. The van der Waals surface area contributed by atoms with E-state index in [1.807, 2.05) is 12.1 Å². The molecule has 2 aliphatic heterocycles. The highest BCUT2D eigenvalue weighted by molar-refractivity contribution is 6.35. The van der Waals surface area contributed by atoms with Gasteiger partial charge in [0.2, 0.25) is 5.96 Å². The van der Waals surface area contributed by atoms with Crippen LogP contribution in [-0.4, -0.2) is 30.5 Å². The Morgan fingerprint density at radius 1 is 1.30 bits per heavy atom. The second-order valence-corrected chi connectivity index (χ2v) is 4.37. The molecule has 1 aromatic rings. The molecule has 0 fully saturated rings. The van der Waals surface area contributed by atoms with E-state index >= 15 is 0 Å². The standard InChI is InChI=1S/C13H12N6O/c14-8-1-3-9(4-2-8)16-5-7-6-17-11-10(7)12(20)19-13(15)18-11/h1-4,6,16H,5,14H2,(H2,15,19,20). The van der Waals surface area contributed by atoms with E-state index in [0.29, 0.717) is 23.6 Å². The molecule has 0 unspecified atom stereocenters. The Balaban J connectivity index is 1.79. The lowest BCUT2D eigenvalue weighted by Gasteiger charge is -2.13. The lowest BCUT2D eigenvalue weighted by Crippen LogP contribution is -2.37. The first-order chi connectivity index (χ1) is 9.63. The number of nitrogens with two attached hydrogens (primary N) is 1. The Kier molecular flexibility index (Phi) is 2.79. The van der Waals surface area contributed by atoms with Crippen molar-refractivity contribution >= 4 is 35.3 Å². The maximum absolute atomic E-state index is 11.8. The minimum Gasteiger partial charge on any atom is -0.399 e. The lowest BCUT2D eigenvalue weighted by atomic mass is 10.1. The van der Waals surface area contributed by atoms with Crippen molar-refractivity contribution in [3.63, 3.8) is 0 Å². The van der Waals surface area contributed by atoms with Crippen LogP contribution in [0.3, 0.4) is 0 Å². The van der Waals surface area contributed by atoms with E-state index in [1.165, 1.54) is 0 Å². The highest BCUT2D eigenvalue weighted by Crippen LogP contribution is 2.18. The number of nitrogens with zero attached hydrogens (tertiary/aromatic N) is 2. The SMILES string of the molecule is N=C1N=C2N=CC(CNc3ccc(N)cc3)=C2C(=O)N1. The number of hydrogen-bond donors (Lipinski definition) is 4. The maximum atomic E-state index is 11.8. The molecule has 0 atom stereocenters. The van der Waals surface area contributed by atoms with E-state index in [1.54, 1.807) is 18.3 Å². The Morgan fingerprint density at radius 2 is 2.05 bits per heavy atom. The van der Waals surface area contributed by atoms with Gasteiger partial charge in [-0.2, -0.15) is 4.99 Å². The van der Waals surface area contributed by atoms with Gasteiger partial charge in [-0.3, -0.25) is 15.5 Å². The van der Waals surface area contributed by atoms with Crippen molar-refractivity contribution < 1.29 is 4.79 Å². The van der Waals surface area contributed by atoms with Crippen molar-refractivity contribution in [2.75, 3.05) is 17.6 Å². The van der Waals surface area contributed by atoms with Gasteiger partial charge in [0, 0.05) is 29.7 Å². The number of benzene rings is 1. The molecule has 7 heteroatoms. The summed E-state index contributed by atoms with van der Waals surface area (Å²) in [5, 5.41) is 12.9. The molecule has 0 radical (unpaired) electrons. The molecule has 2 heterocycles. The summed E-state index contributed by atoms with van der Waals surface area (Å²) in [6.45, 7) is 0.447. The summed E-state index contributed by atoms with van der Waals surface area (Å²) >= 11 is 0. The molecule has 7 nitrogen and oxygen atoms in total. The first-order valence-electron chi connectivity index (χ1n) is 5.99. The van der Waals surface area contributed by atoms with E-state index < -0.39 is 0 Å². The zero-order valence-corrected chi connectivity index (χ0v) is 10.5. The summed E-state index contributed by atoms with van der Waals surface area (Å²) in [4.78, 5) is 19.8. The Bertz CT molecular complexity index is 683. The van der Waals surface area contributed by atoms with Gasteiger partial charge in [-0.25, -0.2) is 4.99 Å². The monoisotopic (exact) mass is 268 g/mol. The molecule has 0 spiro atoms. The molecule has 0 saturated carbocycles. The molecule has 20 heavy (non-hydrogen) atoms. The van der Waals surface area contributed by atoms with Crippen molar-refractivity contribution in [2.24, 2.45) is 9.98 Å². The first-order valence-corrected chi connectivity index (χ1v) is 5.99. The predicted octanol–water partition coefficient (Wildman–Crippen LogP) is 0.525. The maximum Gasteiger partial charge on any atom is 0.262 e. The Hall–Kier alpha value is -2.96. The average molecular weight is 268 g/mol. The van der Waals surface area contributed by atoms with Gasteiger partial charge in [-0.1, -0.05) is 0 Å². The number of fused-ring (bicyclic) bond motifs is 1. The van der Waals surface area contributed by atoms with Gasteiger partial charge in [0.1, 0.15) is 0 Å². The Labute approximate surface area is 114 Å². The molecule has 0 aromatic heterocycles. The smallest absolute Gasteiger partial charge is 0.262 e. The van der Waals surface area contributed by atoms with Gasteiger partial charge in [0.25, 0.3) is 5.91 Å². The number of aliphatic imine (C=N–C) groups is 2. The molecule has 2 aliphatic rings. The van der Waals surface area contributed by atoms with E-state index in [0.717, 1.165) is 11.3 Å². The molecule has 0 bridgehead atoms. The summed E-state index contributed by atoms with van der Waals surface area (Å²) in [5.41, 5.74) is 8.37. The van der Waals surface area contributed by atoms with Gasteiger partial charge < -0.3 is 11.1 Å². The number of hydrogen-bond acceptors (Lipinski definition) is 5. The van der Waals surface area contributed by atoms with Crippen LogP contribution in [-0.2, 0) is 4.79 Å². The molecule has 100 valence electrons. The van der Waals surface area contributed by atoms with E-state index in [4.69, 9.17) is 11.1 Å². The minimum atomic E-state index is -0.341. The number of nitrogens with one attached hydrogen (secondary N) is 3. The normalized spacial score (nSPS) is 16.9. The third-order valence-electron chi connectivity index (χ3n) is 2.96. The summed E-state index contributed by atoms with van der Waals surface area (Å²) in [5.74, 6) is -0.224. The first kappa shape index (κ1) is 12.1. The van der Waals surface area contributed by atoms with Crippen LogP contribution < -0.4 is 16.4 Å². The third-order valence-corrected chi connectivity index (χ3v) is 2.96. The van der Waals surface area contributed by atoms with Crippen LogP contribution in [0.15, 0.2) is 45.4 Å². The van der Waals surface area contributed by atoms with Crippen LogP contribution in [0.25, 0.3) is 0 Å². The summed E-state index contributed by atoms with van der Waals surface area (Å²) in [7, 11) is 0. The van der Waals surface area contributed by atoms with Gasteiger partial charge in [-0.05, 0) is 24.3 Å². The van der Waals surface area contributed by atoms with Crippen molar-refractivity contribution in [3.05, 3.63) is 35.4 Å². The predicted molar refractivity (Wildman–Crippen MR) is 78.2 cm³/mol. The number of carbonyl (C=O) groups is 1. The van der Waals surface area contributed by atoms with Crippen LogP contribution in [0, 0.1) is 5.41 Å². The van der Waals surface area contributed by atoms with E-state index in [-0.39, 0.29) is 11.9 Å². The van der Waals surface area contributed by atoms with E-state index in [9.17, 15) is 4.79 Å². The second kappa shape index (κ2) is 4.61. The highest BCUT2D eigenvalue weighted by atomic mass is 16.2. The van der Waals surface area contributed by atoms with Crippen LogP contribution in [0.5, 0.6) is 0 Å². The van der Waals surface area contributed by atoms with Crippen LogP contribution >= 0.6 is 0 Å². The molecular weight excluding hydrogens is 256 g/mol.